The lowest BCUT2D eigenvalue weighted by Crippen LogP contribution is -1.94. The van der Waals surface area contributed by atoms with Crippen molar-refractivity contribution in [2.45, 2.75) is 6.92 Å². The Bertz CT molecular complexity index is 562. The molecular formula is C9H8FN3O2. The highest BCUT2D eigenvalue weighted by atomic mass is 19.1. The van der Waals surface area contributed by atoms with Gasteiger partial charge in [0.15, 0.2) is 0 Å². The molecule has 1 heterocycles. The lowest BCUT2D eigenvalue weighted by molar-refractivity contribution is -0.387. The highest BCUT2D eigenvalue weighted by molar-refractivity contribution is 5.84. The highest BCUT2D eigenvalue weighted by Crippen LogP contribution is 2.26. The van der Waals surface area contributed by atoms with Crippen molar-refractivity contribution >= 4 is 16.6 Å². The predicted octanol–water partition coefficient (Wildman–Crippen LogP) is 1.93. The number of rotatable bonds is 1. The molecule has 0 aliphatic carbocycles. The molecule has 0 N–H and O–H groups in total. The monoisotopic (exact) mass is 209 g/mol. The van der Waals surface area contributed by atoms with E-state index in [4.69, 9.17) is 0 Å². The standard InChI is InChI=1S/C9H8FN3O2/c1-5-6-3-9(13(14)15)7(10)4-8(6)12(2)11-5/h3-4H,1-2H3. The van der Waals surface area contributed by atoms with Crippen LogP contribution in [0.1, 0.15) is 5.69 Å². The second-order valence-corrected chi connectivity index (χ2v) is 3.29. The Balaban J connectivity index is 2.85. The molecule has 0 fully saturated rings. The molecule has 0 radical (unpaired) electrons. The fourth-order valence-corrected chi connectivity index (χ4v) is 1.58. The number of fused-ring (bicyclic) bond motifs is 1. The molecule has 0 saturated carbocycles. The lowest BCUT2D eigenvalue weighted by atomic mass is 10.2. The molecular weight excluding hydrogens is 201 g/mol. The third-order valence-corrected chi connectivity index (χ3v) is 2.30. The van der Waals surface area contributed by atoms with Gasteiger partial charge in [-0.1, -0.05) is 0 Å². The van der Waals surface area contributed by atoms with Gasteiger partial charge in [0.2, 0.25) is 5.82 Å². The quantitative estimate of drug-likeness (QED) is 0.532. The zero-order chi connectivity index (χ0) is 11.2. The summed E-state index contributed by atoms with van der Waals surface area (Å²) in [6, 6.07) is 2.35. The molecule has 0 amide bonds. The van der Waals surface area contributed by atoms with Gasteiger partial charge >= 0.3 is 5.69 Å². The topological polar surface area (TPSA) is 61.0 Å². The molecule has 2 aromatic rings. The molecule has 0 spiro atoms. The van der Waals surface area contributed by atoms with E-state index in [1.54, 1.807) is 14.0 Å². The molecule has 0 saturated heterocycles. The van der Waals surface area contributed by atoms with Gasteiger partial charge in [-0.25, -0.2) is 0 Å². The molecule has 1 aromatic heterocycles. The summed E-state index contributed by atoms with van der Waals surface area (Å²) >= 11 is 0. The van der Waals surface area contributed by atoms with E-state index in [0.29, 0.717) is 16.6 Å². The Morgan fingerprint density at radius 2 is 2.20 bits per heavy atom. The maximum atomic E-state index is 13.3. The largest absolute Gasteiger partial charge is 0.305 e. The van der Waals surface area contributed by atoms with Crippen LogP contribution in [0.3, 0.4) is 0 Å². The molecule has 5 nitrogen and oxygen atoms in total. The second kappa shape index (κ2) is 3.01. The zero-order valence-electron chi connectivity index (χ0n) is 8.19. The van der Waals surface area contributed by atoms with Crippen LogP contribution >= 0.6 is 0 Å². The van der Waals surface area contributed by atoms with E-state index in [2.05, 4.69) is 5.10 Å². The van der Waals surface area contributed by atoms with E-state index in [9.17, 15) is 14.5 Å². The number of aromatic nitrogens is 2. The average Bonchev–Trinajstić information content (AvgIpc) is 2.41. The molecule has 15 heavy (non-hydrogen) atoms. The first-order valence-corrected chi connectivity index (χ1v) is 4.28. The van der Waals surface area contributed by atoms with Crippen molar-refractivity contribution in [3.05, 3.63) is 33.8 Å². The van der Waals surface area contributed by atoms with Crippen molar-refractivity contribution in [2.24, 2.45) is 7.05 Å². The number of halogens is 1. The number of nitro groups is 1. The molecule has 2 rings (SSSR count). The van der Waals surface area contributed by atoms with Gasteiger partial charge in [0.25, 0.3) is 0 Å². The van der Waals surface area contributed by atoms with Crippen LogP contribution in [0.2, 0.25) is 0 Å². The van der Waals surface area contributed by atoms with Gasteiger partial charge in [0.1, 0.15) is 0 Å². The summed E-state index contributed by atoms with van der Waals surface area (Å²) in [4.78, 5) is 9.79. The molecule has 78 valence electrons. The molecule has 0 atom stereocenters. The molecule has 0 aliphatic heterocycles. The van der Waals surface area contributed by atoms with Crippen molar-refractivity contribution < 1.29 is 9.31 Å². The van der Waals surface area contributed by atoms with E-state index in [1.165, 1.54) is 10.7 Å². The minimum atomic E-state index is -0.838. The van der Waals surface area contributed by atoms with E-state index in [0.717, 1.165) is 6.07 Å². The Labute approximate surface area is 84.3 Å². The van der Waals surface area contributed by atoms with E-state index in [1.807, 2.05) is 0 Å². The van der Waals surface area contributed by atoms with Gasteiger partial charge in [-0.15, -0.1) is 0 Å². The van der Waals surface area contributed by atoms with E-state index >= 15 is 0 Å². The van der Waals surface area contributed by atoms with Crippen molar-refractivity contribution in [1.29, 1.82) is 0 Å². The van der Waals surface area contributed by atoms with Crippen LogP contribution < -0.4 is 0 Å². The number of benzene rings is 1. The van der Waals surface area contributed by atoms with E-state index < -0.39 is 16.4 Å². The molecule has 0 aliphatic rings. The predicted molar refractivity (Wildman–Crippen MR) is 52.1 cm³/mol. The number of nitro benzene ring substituents is 1. The summed E-state index contributed by atoms with van der Waals surface area (Å²) in [6.45, 7) is 1.73. The minimum Gasteiger partial charge on any atom is -0.268 e. The Kier molecular flexibility index (Phi) is 1.92. The summed E-state index contributed by atoms with van der Waals surface area (Å²) in [5.74, 6) is -0.838. The van der Waals surface area contributed by atoms with Gasteiger partial charge in [0, 0.05) is 24.6 Å². The summed E-state index contributed by atoms with van der Waals surface area (Å²) in [6.07, 6.45) is 0. The average molecular weight is 209 g/mol. The highest BCUT2D eigenvalue weighted by Gasteiger charge is 2.17. The smallest absolute Gasteiger partial charge is 0.268 e. The van der Waals surface area contributed by atoms with Gasteiger partial charge in [-0.3, -0.25) is 14.8 Å². The summed E-state index contributed by atoms with van der Waals surface area (Å²) < 4.78 is 14.8. The maximum absolute atomic E-state index is 13.3. The third kappa shape index (κ3) is 1.34. The number of hydrogen-bond acceptors (Lipinski definition) is 3. The summed E-state index contributed by atoms with van der Waals surface area (Å²) in [5, 5.41) is 15.2. The van der Waals surface area contributed by atoms with Crippen LogP contribution in [0, 0.1) is 22.9 Å². The minimum absolute atomic E-state index is 0.515. The zero-order valence-corrected chi connectivity index (χ0v) is 8.19. The van der Waals surface area contributed by atoms with Crippen LogP contribution in [0.4, 0.5) is 10.1 Å². The second-order valence-electron chi connectivity index (χ2n) is 3.29. The third-order valence-electron chi connectivity index (χ3n) is 2.30. The Morgan fingerprint density at radius 3 is 2.80 bits per heavy atom. The summed E-state index contributed by atoms with van der Waals surface area (Å²) in [7, 11) is 1.67. The molecule has 6 heteroatoms. The van der Waals surface area contributed by atoms with Gasteiger partial charge in [-0.05, 0) is 6.92 Å². The molecule has 1 aromatic carbocycles. The van der Waals surface area contributed by atoms with Crippen LogP contribution in [0.25, 0.3) is 10.9 Å². The van der Waals surface area contributed by atoms with Crippen molar-refractivity contribution in [3.8, 4) is 0 Å². The Morgan fingerprint density at radius 1 is 1.53 bits per heavy atom. The van der Waals surface area contributed by atoms with E-state index in [-0.39, 0.29) is 0 Å². The fourth-order valence-electron chi connectivity index (χ4n) is 1.58. The van der Waals surface area contributed by atoms with Gasteiger partial charge in [-0.2, -0.15) is 9.49 Å². The first-order chi connectivity index (χ1) is 7.00. The summed E-state index contributed by atoms with van der Waals surface area (Å²) in [5.41, 5.74) is 0.685. The number of hydrogen-bond donors (Lipinski definition) is 0. The first-order valence-electron chi connectivity index (χ1n) is 4.28. The fraction of sp³-hybridized carbons (Fsp3) is 0.222. The van der Waals surface area contributed by atoms with Crippen LogP contribution in [0.15, 0.2) is 12.1 Å². The first kappa shape index (κ1) is 9.57. The maximum Gasteiger partial charge on any atom is 0.305 e. The molecule has 0 bridgehead atoms. The van der Waals surface area contributed by atoms with Crippen LogP contribution in [-0.2, 0) is 7.05 Å². The SMILES string of the molecule is Cc1nn(C)c2cc(F)c([N+](=O)[O-])cc12. The lowest BCUT2D eigenvalue weighted by Gasteiger charge is -1.96. The molecule has 0 unspecified atom stereocenters. The Hall–Kier alpha value is -1.98. The van der Waals surface area contributed by atoms with Gasteiger partial charge < -0.3 is 0 Å². The van der Waals surface area contributed by atoms with Crippen molar-refractivity contribution in [3.63, 3.8) is 0 Å². The normalized spacial score (nSPS) is 10.9. The van der Waals surface area contributed by atoms with Crippen molar-refractivity contribution in [2.75, 3.05) is 0 Å². The van der Waals surface area contributed by atoms with Crippen molar-refractivity contribution in [1.82, 2.24) is 9.78 Å². The van der Waals surface area contributed by atoms with Gasteiger partial charge in [0.05, 0.1) is 16.1 Å². The number of aryl methyl sites for hydroxylation is 2. The number of nitrogens with zero attached hydrogens (tertiary/aromatic N) is 3. The van der Waals surface area contributed by atoms with Crippen LogP contribution in [-0.4, -0.2) is 14.7 Å². The van der Waals surface area contributed by atoms with Crippen LogP contribution in [0.5, 0.6) is 0 Å².